The molecule has 2 N–H and O–H groups in total. The molecule has 9 heteroatoms. The van der Waals surface area contributed by atoms with Crippen LogP contribution in [-0.4, -0.2) is 37.5 Å². The molecule has 0 heterocycles. The summed E-state index contributed by atoms with van der Waals surface area (Å²) < 4.78 is 27.0. The first-order valence-electron chi connectivity index (χ1n) is 5.93. The fourth-order valence-corrected chi connectivity index (χ4v) is 4.40. The summed E-state index contributed by atoms with van der Waals surface area (Å²) in [5.41, 5.74) is -0.419. The van der Waals surface area contributed by atoms with Gasteiger partial charge in [-0.15, -0.1) is 0 Å². The van der Waals surface area contributed by atoms with Gasteiger partial charge in [-0.1, -0.05) is 23.2 Å². The topological polar surface area (TPSA) is 83.5 Å². The van der Waals surface area contributed by atoms with Gasteiger partial charge in [-0.2, -0.15) is 11.8 Å². The van der Waals surface area contributed by atoms with Gasteiger partial charge in [0.05, 0.1) is 15.6 Å². The number of thioether (sulfide) groups is 1. The van der Waals surface area contributed by atoms with Crippen LogP contribution in [0.2, 0.25) is 10.0 Å². The zero-order valence-electron chi connectivity index (χ0n) is 11.4. The molecule has 0 spiro atoms. The van der Waals surface area contributed by atoms with Crippen LogP contribution in [0.25, 0.3) is 0 Å². The highest BCUT2D eigenvalue weighted by atomic mass is 35.5. The summed E-state index contributed by atoms with van der Waals surface area (Å²) in [5, 5.41) is 8.55. The number of rotatable bonds is 7. The molecule has 0 aliphatic carbocycles. The van der Waals surface area contributed by atoms with Gasteiger partial charge in [0.2, 0.25) is 10.0 Å². The minimum atomic E-state index is -3.91. The summed E-state index contributed by atoms with van der Waals surface area (Å²) in [7, 11) is -3.91. The van der Waals surface area contributed by atoms with Crippen molar-refractivity contribution in [1.29, 1.82) is 0 Å². The standard InChI is InChI=1S/C12H15Cl2NO4S2/c1-7(5-6-20-2)15-21(18,19)9-4-3-8(13)10(11(9)14)12(16)17/h3-4,7,15H,5-6H2,1-2H3,(H,16,17). The number of carbonyl (C=O) groups is 1. The predicted molar refractivity (Wildman–Crippen MR) is 86.2 cm³/mol. The molecular formula is C12H15Cl2NO4S2. The van der Waals surface area contributed by atoms with Gasteiger partial charge in [0.1, 0.15) is 4.90 Å². The van der Waals surface area contributed by atoms with E-state index in [9.17, 15) is 13.2 Å². The Hall–Kier alpha value is -0.470. The highest BCUT2D eigenvalue weighted by molar-refractivity contribution is 7.98. The molecular weight excluding hydrogens is 357 g/mol. The van der Waals surface area contributed by atoms with E-state index in [1.165, 1.54) is 12.1 Å². The zero-order chi connectivity index (χ0) is 16.2. The van der Waals surface area contributed by atoms with Crippen LogP contribution in [0.15, 0.2) is 17.0 Å². The molecule has 1 unspecified atom stereocenters. The Balaban J connectivity index is 3.15. The third kappa shape index (κ3) is 4.75. The van der Waals surface area contributed by atoms with Crippen LogP contribution in [0.4, 0.5) is 0 Å². The van der Waals surface area contributed by atoms with Crippen molar-refractivity contribution in [2.45, 2.75) is 24.3 Å². The van der Waals surface area contributed by atoms with Crippen LogP contribution in [0, 0.1) is 0 Å². The summed E-state index contributed by atoms with van der Waals surface area (Å²) in [4.78, 5) is 10.8. The van der Waals surface area contributed by atoms with Crippen molar-refractivity contribution in [3.05, 3.63) is 27.7 Å². The molecule has 0 radical (unpaired) electrons. The van der Waals surface area contributed by atoms with Gasteiger partial charge in [0.25, 0.3) is 0 Å². The summed E-state index contributed by atoms with van der Waals surface area (Å²) in [6.07, 6.45) is 2.58. The van der Waals surface area contributed by atoms with E-state index in [1.54, 1.807) is 18.7 Å². The van der Waals surface area contributed by atoms with Crippen molar-refractivity contribution in [2.75, 3.05) is 12.0 Å². The van der Waals surface area contributed by atoms with Gasteiger partial charge in [-0.25, -0.2) is 17.9 Å². The summed E-state index contributed by atoms with van der Waals surface area (Å²) in [6.45, 7) is 1.73. The van der Waals surface area contributed by atoms with E-state index in [2.05, 4.69) is 4.72 Å². The van der Waals surface area contributed by atoms with Crippen LogP contribution >= 0.6 is 35.0 Å². The molecule has 5 nitrogen and oxygen atoms in total. The molecule has 0 fully saturated rings. The number of halogens is 2. The van der Waals surface area contributed by atoms with E-state index in [-0.39, 0.29) is 21.0 Å². The SMILES string of the molecule is CSCCC(C)NS(=O)(=O)c1ccc(Cl)c(C(=O)O)c1Cl. The van der Waals surface area contributed by atoms with Crippen molar-refractivity contribution in [3.63, 3.8) is 0 Å². The molecule has 0 bridgehead atoms. The summed E-state index contributed by atoms with van der Waals surface area (Å²) >= 11 is 13.2. The first-order valence-corrected chi connectivity index (χ1v) is 9.56. The fraction of sp³-hybridized carbons (Fsp3) is 0.417. The number of nitrogens with one attached hydrogen (secondary N) is 1. The van der Waals surface area contributed by atoms with E-state index in [0.717, 1.165) is 5.75 Å². The Kier molecular flexibility index (Phi) is 6.80. The Labute approximate surface area is 138 Å². The van der Waals surface area contributed by atoms with Crippen LogP contribution < -0.4 is 4.72 Å². The molecule has 0 saturated carbocycles. The smallest absolute Gasteiger partial charge is 0.338 e. The van der Waals surface area contributed by atoms with Crippen LogP contribution in [0.3, 0.4) is 0 Å². The van der Waals surface area contributed by atoms with Crippen LogP contribution in [0.5, 0.6) is 0 Å². The predicted octanol–water partition coefficient (Wildman–Crippen LogP) is 3.11. The normalized spacial score (nSPS) is 13.1. The quantitative estimate of drug-likeness (QED) is 0.769. The number of carboxylic acid groups (broad SMARTS) is 1. The third-order valence-electron chi connectivity index (χ3n) is 2.67. The fourth-order valence-electron chi connectivity index (χ4n) is 1.62. The number of carboxylic acids is 1. The van der Waals surface area contributed by atoms with Gasteiger partial charge in [-0.3, -0.25) is 0 Å². The van der Waals surface area contributed by atoms with Gasteiger partial charge >= 0.3 is 5.97 Å². The molecule has 1 aromatic rings. The molecule has 0 amide bonds. The van der Waals surface area contributed by atoms with Gasteiger partial charge < -0.3 is 5.11 Å². The second-order valence-electron chi connectivity index (χ2n) is 4.34. The molecule has 1 rings (SSSR count). The van der Waals surface area contributed by atoms with Crippen molar-refractivity contribution >= 4 is 51.0 Å². The van der Waals surface area contributed by atoms with Crippen LogP contribution in [0.1, 0.15) is 23.7 Å². The second kappa shape index (κ2) is 7.69. The molecule has 1 atom stereocenters. The molecule has 0 aromatic heterocycles. The summed E-state index contributed by atoms with van der Waals surface area (Å²) in [5.74, 6) is -0.573. The highest BCUT2D eigenvalue weighted by Gasteiger charge is 2.25. The van der Waals surface area contributed by atoms with E-state index in [4.69, 9.17) is 28.3 Å². The number of hydrogen-bond acceptors (Lipinski definition) is 4. The van der Waals surface area contributed by atoms with E-state index in [1.807, 2.05) is 6.26 Å². The van der Waals surface area contributed by atoms with Gasteiger partial charge in [0.15, 0.2) is 0 Å². The Morgan fingerprint density at radius 2 is 2.05 bits per heavy atom. The van der Waals surface area contributed by atoms with E-state index >= 15 is 0 Å². The lowest BCUT2D eigenvalue weighted by Gasteiger charge is -2.15. The van der Waals surface area contributed by atoms with Crippen molar-refractivity contribution in [3.8, 4) is 0 Å². The molecule has 118 valence electrons. The largest absolute Gasteiger partial charge is 0.478 e. The van der Waals surface area contributed by atoms with Gasteiger partial charge in [-0.05, 0) is 37.5 Å². The van der Waals surface area contributed by atoms with E-state index in [0.29, 0.717) is 6.42 Å². The first-order chi connectivity index (χ1) is 9.70. The van der Waals surface area contributed by atoms with Gasteiger partial charge in [0, 0.05) is 6.04 Å². The molecule has 0 saturated heterocycles. The van der Waals surface area contributed by atoms with E-state index < -0.39 is 21.6 Å². The Morgan fingerprint density at radius 1 is 1.43 bits per heavy atom. The number of benzene rings is 1. The maximum Gasteiger partial charge on any atom is 0.338 e. The lowest BCUT2D eigenvalue weighted by Crippen LogP contribution is -2.33. The minimum Gasteiger partial charge on any atom is -0.478 e. The van der Waals surface area contributed by atoms with Crippen molar-refractivity contribution in [1.82, 2.24) is 4.72 Å². The number of aromatic carboxylic acids is 1. The monoisotopic (exact) mass is 371 g/mol. The lowest BCUT2D eigenvalue weighted by molar-refractivity contribution is 0.0697. The lowest BCUT2D eigenvalue weighted by atomic mass is 10.2. The maximum absolute atomic E-state index is 12.3. The summed E-state index contributed by atoms with van der Waals surface area (Å²) in [6, 6.07) is 2.11. The first kappa shape index (κ1) is 18.6. The van der Waals surface area contributed by atoms with Crippen LogP contribution in [-0.2, 0) is 10.0 Å². The van der Waals surface area contributed by atoms with Crippen molar-refractivity contribution < 1.29 is 18.3 Å². The number of hydrogen-bond donors (Lipinski definition) is 2. The zero-order valence-corrected chi connectivity index (χ0v) is 14.5. The molecule has 0 aliphatic rings. The number of sulfonamides is 1. The average molecular weight is 372 g/mol. The Bertz CT molecular complexity index is 634. The molecule has 0 aliphatic heterocycles. The van der Waals surface area contributed by atoms with Crippen molar-refractivity contribution in [2.24, 2.45) is 0 Å². The molecule has 1 aromatic carbocycles. The highest BCUT2D eigenvalue weighted by Crippen LogP contribution is 2.31. The second-order valence-corrected chi connectivity index (χ2v) is 7.80. The Morgan fingerprint density at radius 3 is 2.57 bits per heavy atom. The maximum atomic E-state index is 12.3. The average Bonchev–Trinajstić information content (AvgIpc) is 2.34. The molecule has 21 heavy (non-hydrogen) atoms. The third-order valence-corrected chi connectivity index (χ3v) is 5.77. The minimum absolute atomic E-state index is 0.109.